The Balaban J connectivity index is 2.73. The molecule has 1 aromatic rings. The molecule has 154 valence electrons. The summed E-state index contributed by atoms with van der Waals surface area (Å²) in [5.74, 6) is 0.159. The molecule has 0 atom stereocenters. The van der Waals surface area contributed by atoms with Gasteiger partial charge in [-0.25, -0.2) is 13.2 Å². The first-order valence-corrected chi connectivity index (χ1v) is 11.0. The van der Waals surface area contributed by atoms with E-state index in [4.69, 9.17) is 4.74 Å². The molecule has 0 aromatic heterocycles. The lowest BCUT2D eigenvalue weighted by Crippen LogP contribution is -2.47. The van der Waals surface area contributed by atoms with Crippen LogP contribution in [0.15, 0.2) is 29.2 Å². The Morgan fingerprint density at radius 3 is 2.33 bits per heavy atom. The number of sulfone groups is 1. The van der Waals surface area contributed by atoms with Crippen molar-refractivity contribution in [1.29, 1.82) is 0 Å². The molecule has 1 aromatic carbocycles. The first-order chi connectivity index (χ1) is 12.8. The summed E-state index contributed by atoms with van der Waals surface area (Å²) in [6, 6.07) is 6.18. The van der Waals surface area contributed by atoms with E-state index < -0.39 is 9.84 Å². The highest BCUT2D eigenvalue weighted by atomic mass is 32.2. The summed E-state index contributed by atoms with van der Waals surface area (Å²) < 4.78 is 30.5. The number of rotatable bonds is 11. The van der Waals surface area contributed by atoms with Gasteiger partial charge >= 0.3 is 6.03 Å². The number of carbonyl (C=O) groups excluding carboxylic acids is 1. The highest BCUT2D eigenvalue weighted by Gasteiger charge is 2.23. The third-order valence-corrected chi connectivity index (χ3v) is 6.22. The molecule has 7 nitrogen and oxygen atoms in total. The second kappa shape index (κ2) is 11.1. The Labute approximate surface area is 163 Å². The van der Waals surface area contributed by atoms with Crippen molar-refractivity contribution in [2.45, 2.75) is 38.6 Å². The minimum absolute atomic E-state index is 0.105. The molecule has 8 heteroatoms. The normalized spacial score (nSPS) is 11.7. The number of likely N-dealkylation sites (N-methyl/N-ethyl adjacent to an activating group) is 1. The molecule has 0 fully saturated rings. The van der Waals surface area contributed by atoms with Crippen LogP contribution in [-0.2, 0) is 9.84 Å². The van der Waals surface area contributed by atoms with Crippen LogP contribution in [0, 0.1) is 0 Å². The Morgan fingerprint density at radius 2 is 1.78 bits per heavy atom. The number of carbonyl (C=O) groups is 1. The molecular weight excluding hydrogens is 366 g/mol. The SMILES string of the molecule is CCN(CC)CCNC(=O)N(CCS(=O)(=O)c1ccccc1OC)C(C)C. The molecule has 0 aliphatic heterocycles. The predicted molar refractivity (Wildman–Crippen MR) is 108 cm³/mol. The standard InChI is InChI=1S/C19H33N3O4S/c1-6-21(7-2)13-12-20-19(23)22(16(3)4)14-15-27(24,25)18-11-9-8-10-17(18)26-5/h8-11,16H,6-7,12-15H2,1-5H3,(H,20,23). The summed E-state index contributed by atoms with van der Waals surface area (Å²) in [6.45, 7) is 11.2. The number of urea groups is 1. The number of nitrogens with zero attached hydrogens (tertiary/aromatic N) is 2. The van der Waals surface area contributed by atoms with E-state index in [2.05, 4.69) is 24.1 Å². The van der Waals surface area contributed by atoms with Crippen LogP contribution >= 0.6 is 0 Å². The monoisotopic (exact) mass is 399 g/mol. The van der Waals surface area contributed by atoms with Crippen molar-refractivity contribution < 1.29 is 17.9 Å². The zero-order valence-electron chi connectivity index (χ0n) is 17.1. The predicted octanol–water partition coefficient (Wildman–Crippen LogP) is 2.23. The van der Waals surface area contributed by atoms with Crippen molar-refractivity contribution >= 4 is 15.9 Å². The highest BCUT2D eigenvalue weighted by molar-refractivity contribution is 7.91. The van der Waals surface area contributed by atoms with Gasteiger partial charge in [0.1, 0.15) is 10.6 Å². The van der Waals surface area contributed by atoms with Crippen molar-refractivity contribution in [2.24, 2.45) is 0 Å². The maximum absolute atomic E-state index is 12.7. The lowest BCUT2D eigenvalue weighted by molar-refractivity contribution is 0.185. The van der Waals surface area contributed by atoms with Crippen LogP contribution in [0.3, 0.4) is 0 Å². The number of nitrogens with one attached hydrogen (secondary N) is 1. The van der Waals surface area contributed by atoms with Gasteiger partial charge in [-0.3, -0.25) is 0 Å². The quantitative estimate of drug-likeness (QED) is 0.617. The van der Waals surface area contributed by atoms with Gasteiger partial charge in [-0.1, -0.05) is 26.0 Å². The summed E-state index contributed by atoms with van der Waals surface area (Å²) in [6.07, 6.45) is 0. The van der Waals surface area contributed by atoms with E-state index in [0.717, 1.165) is 19.6 Å². The van der Waals surface area contributed by atoms with E-state index in [1.807, 2.05) is 13.8 Å². The third-order valence-electron chi connectivity index (χ3n) is 4.49. The number of ether oxygens (including phenoxy) is 1. The number of hydrogen-bond acceptors (Lipinski definition) is 5. The van der Waals surface area contributed by atoms with Gasteiger partial charge in [-0.2, -0.15) is 0 Å². The van der Waals surface area contributed by atoms with Crippen LogP contribution in [0.25, 0.3) is 0 Å². The average Bonchev–Trinajstić information content (AvgIpc) is 2.65. The molecule has 2 amide bonds. The Morgan fingerprint density at radius 1 is 1.15 bits per heavy atom. The van der Waals surface area contributed by atoms with Gasteiger partial charge in [-0.15, -0.1) is 0 Å². The number of hydrogen-bond donors (Lipinski definition) is 1. The van der Waals surface area contributed by atoms with Crippen molar-refractivity contribution in [3.05, 3.63) is 24.3 Å². The van der Waals surface area contributed by atoms with E-state index >= 15 is 0 Å². The van der Waals surface area contributed by atoms with Gasteiger partial charge in [0, 0.05) is 25.7 Å². The minimum atomic E-state index is -3.56. The number of para-hydroxylation sites is 1. The van der Waals surface area contributed by atoms with Crippen LogP contribution in [0.5, 0.6) is 5.75 Å². The third kappa shape index (κ3) is 7.03. The number of benzene rings is 1. The molecule has 0 bridgehead atoms. The molecule has 0 unspecified atom stereocenters. The molecule has 0 radical (unpaired) electrons. The van der Waals surface area contributed by atoms with Crippen molar-refractivity contribution in [3.8, 4) is 5.75 Å². The first kappa shape index (κ1) is 23.2. The largest absolute Gasteiger partial charge is 0.495 e. The Kier molecular flexibility index (Phi) is 9.59. The maximum Gasteiger partial charge on any atom is 0.317 e. The van der Waals surface area contributed by atoms with E-state index in [-0.39, 0.29) is 29.3 Å². The maximum atomic E-state index is 12.7. The van der Waals surface area contributed by atoms with Crippen LogP contribution in [0.4, 0.5) is 4.79 Å². The molecule has 0 saturated heterocycles. The van der Waals surface area contributed by atoms with E-state index in [0.29, 0.717) is 12.3 Å². The van der Waals surface area contributed by atoms with Crippen LogP contribution in [0.2, 0.25) is 0 Å². The van der Waals surface area contributed by atoms with Gasteiger partial charge in [0.15, 0.2) is 9.84 Å². The average molecular weight is 400 g/mol. The van der Waals surface area contributed by atoms with Crippen molar-refractivity contribution in [1.82, 2.24) is 15.1 Å². The zero-order chi connectivity index (χ0) is 20.4. The Hall–Kier alpha value is -1.80. The molecule has 27 heavy (non-hydrogen) atoms. The fourth-order valence-corrected chi connectivity index (χ4v) is 4.16. The molecule has 1 rings (SSSR count). The molecule has 0 saturated carbocycles. The summed E-state index contributed by atoms with van der Waals surface area (Å²) in [7, 11) is -2.12. The van der Waals surface area contributed by atoms with Gasteiger partial charge < -0.3 is 19.9 Å². The summed E-state index contributed by atoms with van der Waals surface area (Å²) in [5, 5.41) is 2.89. The lowest BCUT2D eigenvalue weighted by atomic mass is 10.3. The second-order valence-electron chi connectivity index (χ2n) is 6.52. The molecule has 0 aliphatic carbocycles. The number of amides is 2. The smallest absolute Gasteiger partial charge is 0.317 e. The topological polar surface area (TPSA) is 79.0 Å². The second-order valence-corrected chi connectivity index (χ2v) is 8.59. The fourth-order valence-electron chi connectivity index (χ4n) is 2.76. The molecule has 0 aliphatic rings. The van der Waals surface area contributed by atoms with Crippen LogP contribution in [0.1, 0.15) is 27.7 Å². The van der Waals surface area contributed by atoms with Gasteiger partial charge in [0.05, 0.1) is 12.9 Å². The number of methoxy groups -OCH3 is 1. The van der Waals surface area contributed by atoms with Crippen molar-refractivity contribution in [3.63, 3.8) is 0 Å². The Bertz CT molecular complexity index is 688. The van der Waals surface area contributed by atoms with Gasteiger partial charge in [-0.05, 0) is 39.1 Å². The van der Waals surface area contributed by atoms with Crippen LogP contribution < -0.4 is 10.1 Å². The first-order valence-electron chi connectivity index (χ1n) is 9.39. The van der Waals surface area contributed by atoms with E-state index in [1.165, 1.54) is 13.2 Å². The highest BCUT2D eigenvalue weighted by Crippen LogP contribution is 2.24. The lowest BCUT2D eigenvalue weighted by Gasteiger charge is -2.27. The molecular formula is C19H33N3O4S. The minimum Gasteiger partial charge on any atom is -0.495 e. The summed E-state index contributed by atoms with van der Waals surface area (Å²) in [5.41, 5.74) is 0. The van der Waals surface area contributed by atoms with E-state index in [1.54, 1.807) is 23.1 Å². The van der Waals surface area contributed by atoms with Crippen LogP contribution in [-0.4, -0.2) is 75.9 Å². The van der Waals surface area contributed by atoms with Gasteiger partial charge in [0.2, 0.25) is 0 Å². The van der Waals surface area contributed by atoms with Crippen molar-refractivity contribution in [2.75, 3.05) is 45.6 Å². The fraction of sp³-hybridized carbons (Fsp3) is 0.632. The zero-order valence-corrected chi connectivity index (χ0v) is 17.9. The molecule has 1 N–H and O–H groups in total. The summed E-state index contributed by atoms with van der Waals surface area (Å²) in [4.78, 5) is 16.4. The van der Waals surface area contributed by atoms with E-state index in [9.17, 15) is 13.2 Å². The molecule has 0 spiro atoms. The van der Waals surface area contributed by atoms with Gasteiger partial charge in [0.25, 0.3) is 0 Å². The molecule has 0 heterocycles. The summed E-state index contributed by atoms with van der Waals surface area (Å²) >= 11 is 0.